The van der Waals surface area contributed by atoms with Gasteiger partial charge in [0.15, 0.2) is 0 Å². The lowest BCUT2D eigenvalue weighted by molar-refractivity contribution is -0.121. The van der Waals surface area contributed by atoms with Crippen molar-refractivity contribution in [1.29, 1.82) is 0 Å². The van der Waals surface area contributed by atoms with E-state index >= 15 is 0 Å². The van der Waals surface area contributed by atoms with E-state index < -0.39 is 10.0 Å². The topological polar surface area (TPSA) is 95.2 Å². The molecule has 8 heteroatoms. The predicted molar refractivity (Wildman–Crippen MR) is 66.3 cm³/mol. The molecular weight excluding hydrogens is 256 g/mol. The molecule has 18 heavy (non-hydrogen) atoms. The first kappa shape index (κ1) is 14.7. The Hall–Kier alpha value is -1.41. The number of aromatic nitrogens is 2. The van der Waals surface area contributed by atoms with Crippen molar-refractivity contribution in [2.75, 3.05) is 13.1 Å². The van der Waals surface area contributed by atoms with Crippen molar-refractivity contribution in [2.24, 2.45) is 0 Å². The molecule has 7 nitrogen and oxygen atoms in total. The normalized spacial score (nSPS) is 12.1. The van der Waals surface area contributed by atoms with Crippen LogP contribution in [0, 0.1) is 0 Å². The number of H-pyrrole nitrogens is 1. The molecule has 1 aromatic heterocycles. The number of nitrogens with zero attached hydrogens (tertiary/aromatic N) is 2. The van der Waals surface area contributed by atoms with Crippen molar-refractivity contribution in [2.45, 2.75) is 31.7 Å². The summed E-state index contributed by atoms with van der Waals surface area (Å²) in [5, 5.41) is 8.70. The van der Waals surface area contributed by atoms with Crippen molar-refractivity contribution in [3.05, 3.63) is 12.4 Å². The van der Waals surface area contributed by atoms with Gasteiger partial charge in [-0.3, -0.25) is 9.89 Å². The van der Waals surface area contributed by atoms with E-state index in [1.165, 1.54) is 12.4 Å². The zero-order valence-electron chi connectivity index (χ0n) is 10.7. The number of amides is 1. The van der Waals surface area contributed by atoms with E-state index in [1.54, 1.807) is 6.92 Å². The monoisotopic (exact) mass is 274 g/mol. The number of rotatable bonds is 6. The summed E-state index contributed by atoms with van der Waals surface area (Å²) in [6.45, 7) is 5.35. The molecule has 0 aliphatic heterocycles. The fourth-order valence-electron chi connectivity index (χ4n) is 1.42. The number of nitrogens with one attached hydrogen (secondary N) is 2. The number of aromatic amines is 1. The Morgan fingerprint density at radius 2 is 2.22 bits per heavy atom. The molecule has 1 heterocycles. The van der Waals surface area contributed by atoms with Gasteiger partial charge < -0.3 is 5.32 Å². The van der Waals surface area contributed by atoms with E-state index in [1.807, 2.05) is 13.8 Å². The Labute approximate surface area is 107 Å². The SMILES string of the molecule is CCN(CC(=O)NC(C)C)S(=O)(=O)c1cn[nH]c1. The second-order valence-electron chi connectivity index (χ2n) is 4.09. The van der Waals surface area contributed by atoms with Gasteiger partial charge in [-0.2, -0.15) is 9.40 Å². The molecule has 0 bridgehead atoms. The molecule has 102 valence electrons. The summed E-state index contributed by atoms with van der Waals surface area (Å²) < 4.78 is 25.4. The van der Waals surface area contributed by atoms with Gasteiger partial charge in [0.05, 0.1) is 12.7 Å². The molecular formula is C10H18N4O3S. The van der Waals surface area contributed by atoms with Gasteiger partial charge in [0.25, 0.3) is 0 Å². The van der Waals surface area contributed by atoms with E-state index in [4.69, 9.17) is 0 Å². The molecule has 0 spiro atoms. The molecule has 0 saturated carbocycles. The molecule has 0 fully saturated rings. The largest absolute Gasteiger partial charge is 0.353 e. The summed E-state index contributed by atoms with van der Waals surface area (Å²) in [4.78, 5) is 11.7. The minimum atomic E-state index is -3.66. The zero-order chi connectivity index (χ0) is 13.8. The van der Waals surface area contributed by atoms with Crippen molar-refractivity contribution in [3.8, 4) is 0 Å². The average molecular weight is 274 g/mol. The molecule has 0 radical (unpaired) electrons. The molecule has 0 aliphatic rings. The molecule has 2 N–H and O–H groups in total. The van der Waals surface area contributed by atoms with Crippen LogP contribution in [0.2, 0.25) is 0 Å². The lowest BCUT2D eigenvalue weighted by Crippen LogP contribution is -2.42. The number of hydrogen-bond acceptors (Lipinski definition) is 4. The zero-order valence-corrected chi connectivity index (χ0v) is 11.5. The highest BCUT2D eigenvalue weighted by molar-refractivity contribution is 7.89. The first-order valence-electron chi connectivity index (χ1n) is 5.66. The highest BCUT2D eigenvalue weighted by Crippen LogP contribution is 2.12. The van der Waals surface area contributed by atoms with Gasteiger partial charge in [-0.15, -0.1) is 0 Å². The van der Waals surface area contributed by atoms with Crippen LogP contribution in [0.25, 0.3) is 0 Å². The van der Waals surface area contributed by atoms with Gasteiger partial charge in [0, 0.05) is 18.8 Å². The number of sulfonamides is 1. The third kappa shape index (κ3) is 3.54. The maximum Gasteiger partial charge on any atom is 0.246 e. The van der Waals surface area contributed by atoms with E-state index in [2.05, 4.69) is 15.5 Å². The highest BCUT2D eigenvalue weighted by Gasteiger charge is 2.26. The molecule has 1 rings (SSSR count). The van der Waals surface area contributed by atoms with Crippen molar-refractivity contribution >= 4 is 15.9 Å². The average Bonchev–Trinajstić information content (AvgIpc) is 2.78. The quantitative estimate of drug-likeness (QED) is 0.760. The van der Waals surface area contributed by atoms with Crippen LogP contribution in [0.15, 0.2) is 17.3 Å². The second-order valence-corrected chi connectivity index (χ2v) is 6.03. The minimum Gasteiger partial charge on any atom is -0.353 e. The first-order valence-corrected chi connectivity index (χ1v) is 7.10. The minimum absolute atomic E-state index is 0.0205. The lowest BCUT2D eigenvalue weighted by Gasteiger charge is -2.19. The summed E-state index contributed by atoms with van der Waals surface area (Å²) in [5.41, 5.74) is 0. The molecule has 0 unspecified atom stereocenters. The third-order valence-electron chi connectivity index (χ3n) is 2.23. The van der Waals surface area contributed by atoms with Crippen LogP contribution in [0.1, 0.15) is 20.8 Å². The number of hydrogen-bond donors (Lipinski definition) is 2. The Kier molecular flexibility index (Phi) is 4.85. The number of carbonyl (C=O) groups is 1. The first-order chi connectivity index (χ1) is 8.37. The summed E-state index contributed by atoms with van der Waals surface area (Å²) in [6.07, 6.45) is 2.51. The summed E-state index contributed by atoms with van der Waals surface area (Å²) in [5.74, 6) is -0.320. The molecule has 0 atom stereocenters. The maximum absolute atomic E-state index is 12.1. The Morgan fingerprint density at radius 1 is 1.56 bits per heavy atom. The van der Waals surface area contributed by atoms with E-state index in [9.17, 15) is 13.2 Å². The molecule has 1 amide bonds. The van der Waals surface area contributed by atoms with Crippen molar-refractivity contribution < 1.29 is 13.2 Å². The van der Waals surface area contributed by atoms with Gasteiger partial charge in [-0.1, -0.05) is 6.92 Å². The summed E-state index contributed by atoms with van der Waals surface area (Å²) in [7, 11) is -3.66. The fraction of sp³-hybridized carbons (Fsp3) is 0.600. The van der Waals surface area contributed by atoms with E-state index in [-0.39, 0.29) is 29.9 Å². The van der Waals surface area contributed by atoms with Gasteiger partial charge in [0.2, 0.25) is 15.9 Å². The van der Waals surface area contributed by atoms with Crippen molar-refractivity contribution in [3.63, 3.8) is 0 Å². The molecule has 0 aliphatic carbocycles. The molecule has 0 saturated heterocycles. The van der Waals surface area contributed by atoms with Crippen LogP contribution in [-0.4, -0.2) is 48.0 Å². The van der Waals surface area contributed by atoms with Crippen LogP contribution < -0.4 is 5.32 Å². The Morgan fingerprint density at radius 3 is 2.67 bits per heavy atom. The smallest absolute Gasteiger partial charge is 0.246 e. The predicted octanol–water partition coefficient (Wildman–Crippen LogP) is -0.0551. The van der Waals surface area contributed by atoms with Gasteiger partial charge in [0.1, 0.15) is 4.90 Å². The van der Waals surface area contributed by atoms with Crippen LogP contribution in [0.4, 0.5) is 0 Å². The Bertz CT molecular complexity index is 481. The number of carbonyl (C=O) groups excluding carboxylic acids is 1. The van der Waals surface area contributed by atoms with Gasteiger partial charge in [-0.05, 0) is 13.8 Å². The lowest BCUT2D eigenvalue weighted by atomic mass is 10.4. The van der Waals surface area contributed by atoms with Crippen LogP contribution >= 0.6 is 0 Å². The standard InChI is InChI=1S/C10H18N4O3S/c1-4-14(7-10(15)13-8(2)3)18(16,17)9-5-11-12-6-9/h5-6,8H,4,7H2,1-3H3,(H,11,12)(H,13,15). The van der Waals surface area contributed by atoms with E-state index in [0.29, 0.717) is 0 Å². The second kappa shape index (κ2) is 5.96. The number of likely N-dealkylation sites (N-methyl/N-ethyl adjacent to an activating group) is 1. The third-order valence-corrected chi connectivity index (χ3v) is 4.12. The summed E-state index contributed by atoms with van der Waals surface area (Å²) in [6, 6.07) is -0.0205. The van der Waals surface area contributed by atoms with Crippen LogP contribution in [0.3, 0.4) is 0 Å². The maximum atomic E-state index is 12.1. The fourth-order valence-corrected chi connectivity index (χ4v) is 2.74. The Balaban J connectivity index is 2.81. The van der Waals surface area contributed by atoms with Gasteiger partial charge >= 0.3 is 0 Å². The van der Waals surface area contributed by atoms with Crippen molar-refractivity contribution in [1.82, 2.24) is 19.8 Å². The van der Waals surface area contributed by atoms with E-state index in [0.717, 1.165) is 4.31 Å². The molecule has 1 aromatic rings. The highest BCUT2D eigenvalue weighted by atomic mass is 32.2. The van der Waals surface area contributed by atoms with Gasteiger partial charge in [-0.25, -0.2) is 8.42 Å². The summed E-state index contributed by atoms with van der Waals surface area (Å²) >= 11 is 0. The van der Waals surface area contributed by atoms with Crippen LogP contribution in [-0.2, 0) is 14.8 Å². The van der Waals surface area contributed by atoms with Crippen LogP contribution in [0.5, 0.6) is 0 Å². The molecule has 0 aromatic carbocycles.